The third-order valence-corrected chi connectivity index (χ3v) is 4.14. The Labute approximate surface area is 121 Å². The highest BCUT2D eigenvalue weighted by atomic mass is 32.2. The van der Waals surface area contributed by atoms with E-state index in [1.807, 2.05) is 20.8 Å². The second-order valence-corrected chi connectivity index (χ2v) is 6.87. The van der Waals surface area contributed by atoms with Gasteiger partial charge in [0.05, 0.1) is 11.0 Å². The lowest BCUT2D eigenvalue weighted by molar-refractivity contribution is 0.0762. The normalized spacial score (nSPS) is 12.0. The Morgan fingerprint density at radius 3 is 2.55 bits per heavy atom. The van der Waals surface area contributed by atoms with Crippen molar-refractivity contribution in [3.8, 4) is 0 Å². The summed E-state index contributed by atoms with van der Waals surface area (Å²) in [5.74, 6) is 0. The lowest BCUT2D eigenvalue weighted by Gasteiger charge is -2.09. The molecule has 1 rings (SSSR count). The molecular formula is C14H24N2O3S. The average molecular weight is 300 g/mol. The van der Waals surface area contributed by atoms with Crippen molar-refractivity contribution in [2.45, 2.75) is 44.6 Å². The van der Waals surface area contributed by atoms with Crippen LogP contribution in [0.2, 0.25) is 0 Å². The molecule has 0 unspecified atom stereocenters. The molecular weight excluding hydrogens is 276 g/mol. The fourth-order valence-corrected chi connectivity index (χ4v) is 2.98. The Bertz CT molecular complexity index is 507. The zero-order valence-corrected chi connectivity index (χ0v) is 13.2. The number of ether oxygens (including phenoxy) is 1. The SMILES string of the molecule is Cc1cc(N)cc(S(=O)(=O)NCCCCOC(C)C)c1. The molecule has 0 aliphatic heterocycles. The number of unbranched alkanes of at least 4 members (excludes halogenated alkanes) is 1. The van der Waals surface area contributed by atoms with Gasteiger partial charge in [0, 0.05) is 18.8 Å². The molecule has 0 radical (unpaired) electrons. The Morgan fingerprint density at radius 1 is 1.25 bits per heavy atom. The number of hydrogen-bond donors (Lipinski definition) is 2. The maximum absolute atomic E-state index is 12.1. The van der Waals surface area contributed by atoms with Crippen molar-refractivity contribution >= 4 is 15.7 Å². The molecule has 5 nitrogen and oxygen atoms in total. The minimum absolute atomic E-state index is 0.210. The van der Waals surface area contributed by atoms with Crippen molar-refractivity contribution in [3.63, 3.8) is 0 Å². The predicted molar refractivity (Wildman–Crippen MR) is 81.1 cm³/mol. The summed E-state index contributed by atoms with van der Waals surface area (Å²) in [6, 6.07) is 4.82. The van der Waals surface area contributed by atoms with Gasteiger partial charge in [0.25, 0.3) is 0 Å². The first kappa shape index (κ1) is 16.9. The third-order valence-electron chi connectivity index (χ3n) is 2.70. The lowest BCUT2D eigenvalue weighted by atomic mass is 10.2. The van der Waals surface area contributed by atoms with Crippen molar-refractivity contribution < 1.29 is 13.2 Å². The van der Waals surface area contributed by atoms with E-state index >= 15 is 0 Å². The van der Waals surface area contributed by atoms with Crippen molar-refractivity contribution in [1.29, 1.82) is 0 Å². The quantitative estimate of drug-likeness (QED) is 0.569. The monoisotopic (exact) mass is 300 g/mol. The summed E-state index contributed by atoms with van der Waals surface area (Å²) in [4.78, 5) is 0.216. The van der Waals surface area contributed by atoms with Gasteiger partial charge in [-0.3, -0.25) is 0 Å². The Morgan fingerprint density at radius 2 is 1.95 bits per heavy atom. The number of hydrogen-bond acceptors (Lipinski definition) is 4. The van der Waals surface area contributed by atoms with Crippen LogP contribution in [0.15, 0.2) is 23.1 Å². The highest BCUT2D eigenvalue weighted by molar-refractivity contribution is 7.89. The summed E-state index contributed by atoms with van der Waals surface area (Å²) in [6.07, 6.45) is 1.78. The third kappa shape index (κ3) is 5.90. The smallest absolute Gasteiger partial charge is 0.240 e. The molecule has 0 saturated heterocycles. The first-order valence-electron chi connectivity index (χ1n) is 6.79. The van der Waals surface area contributed by atoms with Gasteiger partial charge in [0.15, 0.2) is 0 Å². The molecule has 20 heavy (non-hydrogen) atoms. The van der Waals surface area contributed by atoms with Crippen molar-refractivity contribution in [2.75, 3.05) is 18.9 Å². The van der Waals surface area contributed by atoms with Gasteiger partial charge in [0.2, 0.25) is 10.0 Å². The van der Waals surface area contributed by atoms with E-state index in [-0.39, 0.29) is 11.0 Å². The first-order valence-corrected chi connectivity index (χ1v) is 8.28. The molecule has 0 bridgehead atoms. The van der Waals surface area contributed by atoms with Crippen LogP contribution in [0, 0.1) is 6.92 Å². The van der Waals surface area contributed by atoms with Crippen molar-refractivity contribution in [3.05, 3.63) is 23.8 Å². The number of anilines is 1. The summed E-state index contributed by atoms with van der Waals surface area (Å²) in [5, 5.41) is 0. The van der Waals surface area contributed by atoms with E-state index in [9.17, 15) is 8.42 Å². The van der Waals surface area contributed by atoms with Crippen LogP contribution in [-0.4, -0.2) is 27.7 Å². The standard InChI is InChI=1S/C14H24N2O3S/c1-11(2)19-7-5-4-6-16-20(17,18)14-9-12(3)8-13(15)10-14/h8-11,16H,4-7,15H2,1-3H3. The molecule has 0 aliphatic carbocycles. The average Bonchev–Trinajstić information content (AvgIpc) is 2.32. The fourth-order valence-electron chi connectivity index (χ4n) is 1.77. The van der Waals surface area contributed by atoms with Gasteiger partial charge in [-0.1, -0.05) is 0 Å². The molecule has 0 saturated carbocycles. The molecule has 0 heterocycles. The highest BCUT2D eigenvalue weighted by Crippen LogP contribution is 2.16. The summed E-state index contributed by atoms with van der Waals surface area (Å²) < 4.78 is 32.1. The summed E-state index contributed by atoms with van der Waals surface area (Å²) in [7, 11) is -3.48. The van der Waals surface area contributed by atoms with Crippen LogP contribution in [0.1, 0.15) is 32.3 Å². The number of nitrogens with two attached hydrogens (primary N) is 1. The van der Waals surface area contributed by atoms with Crippen molar-refractivity contribution in [1.82, 2.24) is 4.72 Å². The second kappa shape index (κ2) is 7.61. The predicted octanol–water partition coefficient (Wildman–Crippen LogP) is 2.06. The summed E-state index contributed by atoms with van der Waals surface area (Å²) in [5.41, 5.74) is 6.95. The van der Waals surface area contributed by atoms with Crippen LogP contribution in [0.4, 0.5) is 5.69 Å². The fraction of sp³-hybridized carbons (Fsp3) is 0.571. The number of nitrogens with one attached hydrogen (secondary N) is 1. The van der Waals surface area contributed by atoms with E-state index in [1.54, 1.807) is 12.1 Å². The van der Waals surface area contributed by atoms with E-state index in [0.717, 1.165) is 18.4 Å². The van der Waals surface area contributed by atoms with Gasteiger partial charge in [-0.25, -0.2) is 13.1 Å². The molecule has 0 fully saturated rings. The molecule has 0 atom stereocenters. The molecule has 3 N–H and O–H groups in total. The molecule has 1 aromatic carbocycles. The maximum Gasteiger partial charge on any atom is 0.240 e. The topological polar surface area (TPSA) is 81.4 Å². The Balaban J connectivity index is 2.46. The minimum atomic E-state index is -3.48. The maximum atomic E-state index is 12.1. The molecule has 1 aromatic rings. The Hall–Kier alpha value is -1.11. The first-order chi connectivity index (χ1) is 9.31. The van der Waals surface area contributed by atoms with Gasteiger partial charge in [-0.15, -0.1) is 0 Å². The lowest BCUT2D eigenvalue weighted by Crippen LogP contribution is -2.25. The van der Waals surface area contributed by atoms with Crippen LogP contribution < -0.4 is 10.5 Å². The van der Waals surface area contributed by atoms with Crippen LogP contribution in [0.5, 0.6) is 0 Å². The number of aryl methyl sites for hydroxylation is 1. The highest BCUT2D eigenvalue weighted by Gasteiger charge is 2.14. The van der Waals surface area contributed by atoms with Gasteiger partial charge in [-0.2, -0.15) is 0 Å². The number of sulfonamides is 1. The molecule has 114 valence electrons. The van der Waals surface area contributed by atoms with Crippen molar-refractivity contribution in [2.24, 2.45) is 0 Å². The Kier molecular flexibility index (Phi) is 6.45. The largest absolute Gasteiger partial charge is 0.399 e. The van der Waals surface area contributed by atoms with E-state index in [0.29, 0.717) is 18.8 Å². The van der Waals surface area contributed by atoms with Gasteiger partial charge in [0.1, 0.15) is 0 Å². The van der Waals surface area contributed by atoms with Crippen LogP contribution in [0.3, 0.4) is 0 Å². The zero-order valence-electron chi connectivity index (χ0n) is 12.3. The molecule has 0 aromatic heterocycles. The molecule has 0 spiro atoms. The summed E-state index contributed by atoms with van der Waals surface area (Å²) >= 11 is 0. The summed E-state index contributed by atoms with van der Waals surface area (Å²) in [6.45, 7) is 6.82. The zero-order chi connectivity index (χ0) is 15.2. The molecule has 0 amide bonds. The van der Waals surface area contributed by atoms with E-state index in [4.69, 9.17) is 10.5 Å². The van der Waals surface area contributed by atoms with E-state index in [1.165, 1.54) is 6.07 Å². The van der Waals surface area contributed by atoms with Crippen LogP contribution >= 0.6 is 0 Å². The van der Waals surface area contributed by atoms with E-state index < -0.39 is 10.0 Å². The molecule has 0 aliphatic rings. The van der Waals surface area contributed by atoms with Gasteiger partial charge < -0.3 is 10.5 Å². The molecule has 6 heteroatoms. The van der Waals surface area contributed by atoms with Crippen LogP contribution in [-0.2, 0) is 14.8 Å². The van der Waals surface area contributed by atoms with Crippen LogP contribution in [0.25, 0.3) is 0 Å². The van der Waals surface area contributed by atoms with E-state index in [2.05, 4.69) is 4.72 Å². The number of rotatable bonds is 8. The van der Waals surface area contributed by atoms with Gasteiger partial charge in [-0.05, 0) is 57.4 Å². The minimum Gasteiger partial charge on any atom is -0.399 e. The number of benzene rings is 1. The number of nitrogen functional groups attached to an aromatic ring is 1. The second-order valence-electron chi connectivity index (χ2n) is 5.10. The van der Waals surface area contributed by atoms with Gasteiger partial charge >= 0.3 is 0 Å².